The Morgan fingerprint density at radius 2 is 2.00 bits per heavy atom. The van der Waals surface area contributed by atoms with Gasteiger partial charge in [0.1, 0.15) is 10.5 Å². The Bertz CT molecular complexity index is 532. The molecule has 0 atom stereocenters. The van der Waals surface area contributed by atoms with Gasteiger partial charge < -0.3 is 4.90 Å². The van der Waals surface area contributed by atoms with Crippen LogP contribution in [0.4, 0.5) is 4.79 Å². The number of nitrogens with one attached hydrogen (secondary N) is 1. The highest BCUT2D eigenvalue weighted by molar-refractivity contribution is 7.09. The fraction of sp³-hybridized carbons (Fsp3) is 0.643. The third kappa shape index (κ3) is 2.22. The quantitative estimate of drug-likeness (QED) is 0.853. The standard InChI is InChI=1S/C14H19N3O2S/c1-10-9-20-11(15-10)8-17-13(19)16-12(18)14(17)6-4-2-3-5-7-14/h9H,2-8H2,1H3,(H,16,18,19). The van der Waals surface area contributed by atoms with Crippen LogP contribution in [-0.4, -0.2) is 27.4 Å². The number of rotatable bonds is 2. The molecule has 1 N–H and O–H groups in total. The van der Waals surface area contributed by atoms with Crippen molar-refractivity contribution in [3.63, 3.8) is 0 Å². The van der Waals surface area contributed by atoms with Gasteiger partial charge in [-0.05, 0) is 19.8 Å². The van der Waals surface area contributed by atoms with Gasteiger partial charge in [0, 0.05) is 11.1 Å². The van der Waals surface area contributed by atoms with Crippen LogP contribution >= 0.6 is 11.3 Å². The molecule has 0 radical (unpaired) electrons. The Balaban J connectivity index is 1.88. The summed E-state index contributed by atoms with van der Waals surface area (Å²) < 4.78 is 0. The molecule has 0 unspecified atom stereocenters. The SMILES string of the molecule is Cc1csc(CN2C(=O)NC(=O)C23CCCCCC3)n1. The average molecular weight is 293 g/mol. The van der Waals surface area contributed by atoms with Crippen molar-refractivity contribution in [3.05, 3.63) is 16.1 Å². The molecule has 1 aromatic rings. The lowest BCUT2D eigenvalue weighted by atomic mass is 9.89. The van der Waals surface area contributed by atoms with Crippen LogP contribution < -0.4 is 5.32 Å². The molecule has 1 aromatic heterocycles. The molecular formula is C14H19N3O2S. The molecule has 3 rings (SSSR count). The molecule has 1 saturated heterocycles. The summed E-state index contributed by atoms with van der Waals surface area (Å²) in [6.07, 6.45) is 5.85. The lowest BCUT2D eigenvalue weighted by Crippen LogP contribution is -2.48. The number of hydrogen-bond donors (Lipinski definition) is 1. The first kappa shape index (κ1) is 13.5. The normalized spacial score (nSPS) is 22.1. The van der Waals surface area contributed by atoms with Crippen LogP contribution in [0.15, 0.2) is 5.38 Å². The minimum absolute atomic E-state index is 0.113. The van der Waals surface area contributed by atoms with Gasteiger partial charge in [-0.15, -0.1) is 11.3 Å². The minimum atomic E-state index is -0.632. The van der Waals surface area contributed by atoms with Crippen LogP contribution in [0, 0.1) is 6.92 Å². The van der Waals surface area contributed by atoms with E-state index in [1.54, 1.807) is 16.2 Å². The Morgan fingerprint density at radius 1 is 1.30 bits per heavy atom. The van der Waals surface area contributed by atoms with E-state index in [-0.39, 0.29) is 11.9 Å². The van der Waals surface area contributed by atoms with E-state index in [0.717, 1.165) is 49.2 Å². The number of aromatic nitrogens is 1. The lowest BCUT2D eigenvalue weighted by Gasteiger charge is -2.33. The first-order valence-electron chi connectivity index (χ1n) is 7.16. The number of hydrogen-bond acceptors (Lipinski definition) is 4. The maximum absolute atomic E-state index is 12.3. The summed E-state index contributed by atoms with van der Waals surface area (Å²) in [4.78, 5) is 30.6. The average Bonchev–Trinajstić information content (AvgIpc) is 2.80. The third-order valence-electron chi connectivity index (χ3n) is 4.30. The number of nitrogens with zero attached hydrogens (tertiary/aromatic N) is 2. The number of carbonyl (C=O) groups excluding carboxylic acids is 2. The Hall–Kier alpha value is -1.43. The summed E-state index contributed by atoms with van der Waals surface area (Å²) in [6, 6.07) is -0.259. The van der Waals surface area contributed by atoms with Gasteiger partial charge in [0.25, 0.3) is 5.91 Å². The zero-order chi connectivity index (χ0) is 14.2. The molecule has 0 bridgehead atoms. The highest BCUT2D eigenvalue weighted by atomic mass is 32.1. The number of aryl methyl sites for hydroxylation is 1. The Morgan fingerprint density at radius 3 is 2.60 bits per heavy atom. The van der Waals surface area contributed by atoms with Crippen molar-refractivity contribution in [3.8, 4) is 0 Å². The maximum Gasteiger partial charge on any atom is 0.325 e. The van der Waals surface area contributed by atoms with E-state index in [2.05, 4.69) is 10.3 Å². The largest absolute Gasteiger partial charge is 0.325 e. The van der Waals surface area contributed by atoms with E-state index >= 15 is 0 Å². The van der Waals surface area contributed by atoms with E-state index in [4.69, 9.17) is 0 Å². The molecule has 1 saturated carbocycles. The van der Waals surface area contributed by atoms with Crippen LogP contribution in [0.3, 0.4) is 0 Å². The third-order valence-corrected chi connectivity index (χ3v) is 5.25. The molecule has 1 aliphatic carbocycles. The molecule has 6 heteroatoms. The lowest BCUT2D eigenvalue weighted by molar-refractivity contribution is -0.127. The zero-order valence-corrected chi connectivity index (χ0v) is 12.5. The summed E-state index contributed by atoms with van der Waals surface area (Å²) in [5.41, 5.74) is 0.332. The van der Waals surface area contributed by atoms with E-state index < -0.39 is 5.54 Å². The first-order chi connectivity index (χ1) is 9.62. The number of carbonyl (C=O) groups is 2. The maximum atomic E-state index is 12.3. The van der Waals surface area contributed by atoms with Crippen molar-refractivity contribution in [2.24, 2.45) is 0 Å². The molecule has 0 aromatic carbocycles. The second-order valence-electron chi connectivity index (χ2n) is 5.67. The van der Waals surface area contributed by atoms with Gasteiger partial charge in [-0.1, -0.05) is 25.7 Å². The molecule has 1 spiro atoms. The van der Waals surface area contributed by atoms with Gasteiger partial charge in [-0.3, -0.25) is 10.1 Å². The van der Waals surface area contributed by atoms with Crippen molar-refractivity contribution in [2.75, 3.05) is 0 Å². The van der Waals surface area contributed by atoms with Crippen molar-refractivity contribution in [1.29, 1.82) is 0 Å². The van der Waals surface area contributed by atoms with Crippen LogP contribution in [0.5, 0.6) is 0 Å². The smallest absolute Gasteiger partial charge is 0.303 e. The zero-order valence-electron chi connectivity index (χ0n) is 11.6. The number of imide groups is 1. The molecule has 2 aliphatic rings. The van der Waals surface area contributed by atoms with Gasteiger partial charge in [0.2, 0.25) is 0 Å². The van der Waals surface area contributed by atoms with Crippen molar-refractivity contribution in [1.82, 2.24) is 15.2 Å². The van der Waals surface area contributed by atoms with E-state index in [1.165, 1.54) is 0 Å². The summed E-state index contributed by atoms with van der Waals surface area (Å²) in [5, 5.41) is 5.38. The molecule has 3 amide bonds. The van der Waals surface area contributed by atoms with Gasteiger partial charge in [-0.25, -0.2) is 9.78 Å². The van der Waals surface area contributed by atoms with Crippen molar-refractivity contribution >= 4 is 23.3 Å². The molecular weight excluding hydrogens is 274 g/mol. The number of thiazole rings is 1. The highest BCUT2D eigenvalue weighted by Crippen LogP contribution is 2.37. The van der Waals surface area contributed by atoms with Crippen molar-refractivity contribution in [2.45, 2.75) is 57.5 Å². The second kappa shape index (κ2) is 5.16. The number of urea groups is 1. The molecule has 2 heterocycles. The highest BCUT2D eigenvalue weighted by Gasteiger charge is 2.52. The van der Waals surface area contributed by atoms with E-state index in [0.29, 0.717) is 6.54 Å². The van der Waals surface area contributed by atoms with Crippen LogP contribution in [0.25, 0.3) is 0 Å². The molecule has 108 valence electrons. The summed E-state index contributed by atoms with van der Waals surface area (Å²) in [5.74, 6) is -0.113. The summed E-state index contributed by atoms with van der Waals surface area (Å²) in [7, 11) is 0. The predicted octanol–water partition coefficient (Wildman–Crippen LogP) is 2.60. The van der Waals surface area contributed by atoms with Gasteiger partial charge in [0.05, 0.1) is 6.54 Å². The van der Waals surface area contributed by atoms with Crippen LogP contribution in [0.2, 0.25) is 0 Å². The van der Waals surface area contributed by atoms with Crippen LogP contribution in [-0.2, 0) is 11.3 Å². The van der Waals surface area contributed by atoms with Gasteiger partial charge >= 0.3 is 6.03 Å². The minimum Gasteiger partial charge on any atom is -0.303 e. The fourth-order valence-corrected chi connectivity index (χ4v) is 4.00. The predicted molar refractivity (Wildman–Crippen MR) is 76.4 cm³/mol. The topological polar surface area (TPSA) is 62.3 Å². The first-order valence-corrected chi connectivity index (χ1v) is 8.04. The molecule has 20 heavy (non-hydrogen) atoms. The molecule has 2 fully saturated rings. The monoisotopic (exact) mass is 293 g/mol. The summed E-state index contributed by atoms with van der Waals surface area (Å²) in [6.45, 7) is 2.38. The van der Waals surface area contributed by atoms with Gasteiger partial charge in [0.15, 0.2) is 0 Å². The molecule has 5 nitrogen and oxygen atoms in total. The fourth-order valence-electron chi connectivity index (χ4n) is 3.24. The second-order valence-corrected chi connectivity index (χ2v) is 6.62. The number of amides is 3. The van der Waals surface area contributed by atoms with Crippen molar-refractivity contribution < 1.29 is 9.59 Å². The van der Waals surface area contributed by atoms with Crippen LogP contribution in [0.1, 0.15) is 49.2 Å². The van der Waals surface area contributed by atoms with E-state index in [1.807, 2.05) is 12.3 Å². The Labute approximate surface area is 122 Å². The molecule has 1 aliphatic heterocycles. The summed E-state index contributed by atoms with van der Waals surface area (Å²) >= 11 is 1.55. The van der Waals surface area contributed by atoms with E-state index in [9.17, 15) is 9.59 Å². The Kier molecular flexibility index (Phi) is 3.50. The van der Waals surface area contributed by atoms with Gasteiger partial charge in [-0.2, -0.15) is 0 Å².